The van der Waals surface area contributed by atoms with Crippen molar-refractivity contribution in [3.8, 4) is 5.69 Å². The minimum atomic E-state index is -4.37. The number of aromatic nitrogens is 3. The molecule has 4 nitrogen and oxygen atoms in total. The average Bonchev–Trinajstić information content (AvgIpc) is 2.83. The molecule has 0 saturated carbocycles. The smallest absolute Gasteiger partial charge is 0.330 e. The van der Waals surface area contributed by atoms with Crippen LogP contribution in [-0.2, 0) is 12.6 Å². The molecule has 1 heterocycles. The maximum absolute atomic E-state index is 12.7. The summed E-state index contributed by atoms with van der Waals surface area (Å²) in [5, 5.41) is 7.56. The van der Waals surface area contributed by atoms with Crippen molar-refractivity contribution in [3.05, 3.63) is 41.7 Å². The van der Waals surface area contributed by atoms with E-state index < -0.39 is 11.7 Å². The Balaban J connectivity index is 2.34. The number of alkyl halides is 3. The van der Waals surface area contributed by atoms with Gasteiger partial charge < -0.3 is 5.73 Å². The lowest BCUT2D eigenvalue weighted by Crippen LogP contribution is -2.09. The van der Waals surface area contributed by atoms with Gasteiger partial charge in [0, 0.05) is 0 Å². The van der Waals surface area contributed by atoms with Crippen LogP contribution in [0.1, 0.15) is 17.7 Å². The van der Waals surface area contributed by atoms with Gasteiger partial charge in [-0.1, -0.05) is 11.3 Å². The van der Waals surface area contributed by atoms with E-state index >= 15 is 0 Å². The Labute approximate surface area is 108 Å². The first-order valence-corrected chi connectivity index (χ1v) is 5.79. The van der Waals surface area contributed by atoms with E-state index in [9.17, 15) is 13.2 Å². The molecule has 0 aliphatic heterocycles. The predicted octanol–water partition coefficient (Wildman–Crippen LogP) is 2.18. The normalized spacial score (nSPS) is 11.8. The molecule has 2 rings (SSSR count). The van der Waals surface area contributed by atoms with Crippen LogP contribution in [0.15, 0.2) is 30.5 Å². The van der Waals surface area contributed by atoms with Gasteiger partial charge in [0.2, 0.25) is 0 Å². The van der Waals surface area contributed by atoms with Crippen LogP contribution in [0.5, 0.6) is 0 Å². The molecule has 0 fully saturated rings. The summed E-state index contributed by atoms with van der Waals surface area (Å²) < 4.78 is 39.4. The van der Waals surface area contributed by atoms with Crippen LogP contribution in [0.2, 0.25) is 0 Å². The Hall–Kier alpha value is -1.89. The van der Waals surface area contributed by atoms with Crippen LogP contribution in [0.25, 0.3) is 5.69 Å². The fraction of sp³-hybridized carbons (Fsp3) is 0.333. The first kappa shape index (κ1) is 13.5. The van der Waals surface area contributed by atoms with Gasteiger partial charge in [0.1, 0.15) is 0 Å². The van der Waals surface area contributed by atoms with E-state index in [1.54, 1.807) is 6.07 Å². The van der Waals surface area contributed by atoms with Crippen molar-refractivity contribution < 1.29 is 13.2 Å². The first-order valence-electron chi connectivity index (χ1n) is 5.79. The molecule has 0 saturated heterocycles. The topological polar surface area (TPSA) is 56.7 Å². The number of nitrogens with zero attached hydrogens (tertiary/aromatic N) is 3. The molecule has 0 aliphatic rings. The van der Waals surface area contributed by atoms with Crippen LogP contribution in [0.4, 0.5) is 13.2 Å². The minimum Gasteiger partial charge on any atom is -0.330 e. The highest BCUT2D eigenvalue weighted by Crippen LogP contribution is 2.30. The third-order valence-corrected chi connectivity index (χ3v) is 2.67. The lowest BCUT2D eigenvalue weighted by Gasteiger charge is -2.10. The monoisotopic (exact) mass is 270 g/mol. The van der Waals surface area contributed by atoms with Crippen LogP contribution < -0.4 is 5.73 Å². The molecular formula is C12H13F3N4. The summed E-state index contributed by atoms with van der Waals surface area (Å²) in [4.78, 5) is 0. The van der Waals surface area contributed by atoms with Crippen LogP contribution >= 0.6 is 0 Å². The highest BCUT2D eigenvalue weighted by molar-refractivity contribution is 5.37. The standard InChI is InChI=1S/C12H13F3N4/c13-12(14,15)9-3-1-4-10(7-9)19-11(5-2-6-16)8-17-18-19/h1,3-4,7-8H,2,5-6,16H2. The second-order valence-electron chi connectivity index (χ2n) is 4.08. The van der Waals surface area contributed by atoms with Crippen molar-refractivity contribution in [3.63, 3.8) is 0 Å². The number of hydrogen-bond acceptors (Lipinski definition) is 3. The quantitative estimate of drug-likeness (QED) is 0.926. The minimum absolute atomic E-state index is 0.347. The Bertz CT molecular complexity index is 548. The first-order chi connectivity index (χ1) is 9.02. The van der Waals surface area contributed by atoms with Gasteiger partial charge in [-0.15, -0.1) is 5.10 Å². The number of halogens is 3. The highest BCUT2D eigenvalue weighted by Gasteiger charge is 2.30. The molecule has 7 heteroatoms. The number of rotatable bonds is 4. The molecule has 0 aliphatic carbocycles. The second-order valence-corrected chi connectivity index (χ2v) is 4.08. The summed E-state index contributed by atoms with van der Waals surface area (Å²) in [6.45, 7) is 0.508. The molecule has 0 bridgehead atoms. The molecule has 0 amide bonds. The van der Waals surface area contributed by atoms with E-state index in [4.69, 9.17) is 5.73 Å². The van der Waals surface area contributed by atoms with E-state index in [0.717, 1.165) is 24.2 Å². The molecule has 0 atom stereocenters. The third kappa shape index (κ3) is 3.11. The van der Waals surface area contributed by atoms with Crippen molar-refractivity contribution >= 4 is 0 Å². The highest BCUT2D eigenvalue weighted by atomic mass is 19.4. The predicted molar refractivity (Wildman–Crippen MR) is 63.7 cm³/mol. The van der Waals surface area contributed by atoms with Crippen molar-refractivity contribution in [1.82, 2.24) is 15.0 Å². The maximum atomic E-state index is 12.7. The average molecular weight is 270 g/mol. The SMILES string of the molecule is NCCCc1cnnn1-c1cccc(C(F)(F)F)c1. The fourth-order valence-corrected chi connectivity index (χ4v) is 1.74. The lowest BCUT2D eigenvalue weighted by atomic mass is 10.2. The summed E-state index contributed by atoms with van der Waals surface area (Å²) >= 11 is 0. The summed E-state index contributed by atoms with van der Waals surface area (Å²) in [5.41, 5.74) is 5.80. The van der Waals surface area contributed by atoms with Gasteiger partial charge in [-0.3, -0.25) is 0 Å². The second kappa shape index (κ2) is 5.40. The number of hydrogen-bond donors (Lipinski definition) is 1. The maximum Gasteiger partial charge on any atom is 0.416 e. The Kier molecular flexibility index (Phi) is 3.84. The van der Waals surface area contributed by atoms with Gasteiger partial charge in [-0.05, 0) is 37.6 Å². The summed E-state index contributed by atoms with van der Waals surface area (Å²) in [7, 11) is 0. The molecular weight excluding hydrogens is 257 g/mol. The summed E-state index contributed by atoms with van der Waals surface area (Å²) in [6, 6.07) is 5.00. The molecule has 1 aromatic carbocycles. The molecule has 0 radical (unpaired) electrons. The molecule has 1 aromatic heterocycles. The van der Waals surface area contributed by atoms with Crippen LogP contribution in [0, 0.1) is 0 Å². The molecule has 2 aromatic rings. The largest absolute Gasteiger partial charge is 0.416 e. The van der Waals surface area contributed by atoms with Crippen molar-refractivity contribution in [2.75, 3.05) is 6.54 Å². The molecule has 0 spiro atoms. The van der Waals surface area contributed by atoms with E-state index in [-0.39, 0.29) is 0 Å². The van der Waals surface area contributed by atoms with Gasteiger partial charge >= 0.3 is 6.18 Å². The van der Waals surface area contributed by atoms with Gasteiger partial charge in [0.05, 0.1) is 23.1 Å². The van der Waals surface area contributed by atoms with E-state index in [2.05, 4.69) is 10.3 Å². The molecule has 0 unspecified atom stereocenters. The van der Waals surface area contributed by atoms with Gasteiger partial charge in [-0.25, -0.2) is 4.68 Å². The van der Waals surface area contributed by atoms with Crippen molar-refractivity contribution in [1.29, 1.82) is 0 Å². The Morgan fingerprint density at radius 2 is 2.05 bits per heavy atom. The Morgan fingerprint density at radius 1 is 1.26 bits per heavy atom. The van der Waals surface area contributed by atoms with E-state index in [1.807, 2.05) is 0 Å². The molecule has 2 N–H and O–H groups in total. The van der Waals surface area contributed by atoms with E-state index in [1.165, 1.54) is 16.9 Å². The van der Waals surface area contributed by atoms with Crippen LogP contribution in [0.3, 0.4) is 0 Å². The van der Waals surface area contributed by atoms with E-state index in [0.29, 0.717) is 18.7 Å². The van der Waals surface area contributed by atoms with Crippen molar-refractivity contribution in [2.45, 2.75) is 19.0 Å². The van der Waals surface area contributed by atoms with Gasteiger partial charge in [-0.2, -0.15) is 13.2 Å². The van der Waals surface area contributed by atoms with Gasteiger partial charge in [0.15, 0.2) is 0 Å². The van der Waals surface area contributed by atoms with Crippen molar-refractivity contribution in [2.24, 2.45) is 5.73 Å². The van der Waals surface area contributed by atoms with Gasteiger partial charge in [0.25, 0.3) is 0 Å². The number of aryl methyl sites for hydroxylation is 1. The Morgan fingerprint density at radius 3 is 2.74 bits per heavy atom. The zero-order chi connectivity index (χ0) is 13.9. The number of nitrogens with two attached hydrogens (primary N) is 1. The van der Waals surface area contributed by atoms with Crippen LogP contribution in [-0.4, -0.2) is 21.5 Å². The molecule has 19 heavy (non-hydrogen) atoms. The lowest BCUT2D eigenvalue weighted by molar-refractivity contribution is -0.137. The summed E-state index contributed by atoms with van der Waals surface area (Å²) in [6.07, 6.45) is -1.48. The zero-order valence-corrected chi connectivity index (χ0v) is 10.1. The summed E-state index contributed by atoms with van der Waals surface area (Å²) in [5.74, 6) is 0. The number of benzene rings is 1. The zero-order valence-electron chi connectivity index (χ0n) is 10.1. The molecule has 102 valence electrons. The third-order valence-electron chi connectivity index (χ3n) is 2.67. The fourth-order valence-electron chi connectivity index (χ4n) is 1.74.